The summed E-state index contributed by atoms with van der Waals surface area (Å²) >= 11 is 0. The molecule has 2 aromatic rings. The van der Waals surface area contributed by atoms with E-state index in [-0.39, 0.29) is 5.54 Å². The number of hydrogen-bond donors (Lipinski definition) is 1. The van der Waals surface area contributed by atoms with Gasteiger partial charge in [-0.3, -0.25) is 0 Å². The molecule has 1 aromatic carbocycles. The largest absolute Gasteiger partial charge is 0.497 e. The molecule has 0 amide bonds. The summed E-state index contributed by atoms with van der Waals surface area (Å²) in [4.78, 5) is 5.00. The number of nitrogens with one attached hydrogen (secondary N) is 1. The van der Waals surface area contributed by atoms with Crippen LogP contribution in [0.5, 0.6) is 5.75 Å². The SMILES string of the molecule is COc1ccc2c(c1)nc(C1(C)CCCCN1)n2C1CC1. The van der Waals surface area contributed by atoms with Gasteiger partial charge in [-0.05, 0) is 57.7 Å². The van der Waals surface area contributed by atoms with Gasteiger partial charge in [-0.25, -0.2) is 4.98 Å². The van der Waals surface area contributed by atoms with Crippen LogP contribution in [-0.2, 0) is 5.54 Å². The third-order valence-corrected chi connectivity index (χ3v) is 4.92. The van der Waals surface area contributed by atoms with Crippen LogP contribution >= 0.6 is 0 Å². The number of imidazole rings is 1. The van der Waals surface area contributed by atoms with E-state index < -0.39 is 0 Å². The summed E-state index contributed by atoms with van der Waals surface area (Å²) in [5.41, 5.74) is 2.32. The van der Waals surface area contributed by atoms with Crippen molar-refractivity contribution in [2.45, 2.75) is 50.6 Å². The van der Waals surface area contributed by atoms with Crippen molar-refractivity contribution in [3.05, 3.63) is 24.0 Å². The van der Waals surface area contributed by atoms with Gasteiger partial charge in [0.25, 0.3) is 0 Å². The van der Waals surface area contributed by atoms with Gasteiger partial charge >= 0.3 is 0 Å². The minimum atomic E-state index is 0.00704. The summed E-state index contributed by atoms with van der Waals surface area (Å²) < 4.78 is 7.83. The molecule has 1 unspecified atom stereocenters. The average molecular weight is 285 g/mol. The molecule has 1 aromatic heterocycles. The second-order valence-electron chi connectivity index (χ2n) is 6.61. The maximum Gasteiger partial charge on any atom is 0.130 e. The minimum Gasteiger partial charge on any atom is -0.497 e. The maximum atomic E-state index is 5.35. The molecule has 1 saturated carbocycles. The number of fused-ring (bicyclic) bond motifs is 1. The molecule has 4 rings (SSSR count). The van der Waals surface area contributed by atoms with Crippen molar-refractivity contribution in [1.29, 1.82) is 0 Å². The monoisotopic (exact) mass is 285 g/mol. The van der Waals surface area contributed by atoms with E-state index in [1.807, 2.05) is 6.07 Å². The summed E-state index contributed by atoms with van der Waals surface area (Å²) in [5, 5.41) is 3.71. The minimum absolute atomic E-state index is 0.00704. The summed E-state index contributed by atoms with van der Waals surface area (Å²) in [6, 6.07) is 6.90. The molecule has 2 aliphatic rings. The Morgan fingerprint density at radius 2 is 2.19 bits per heavy atom. The van der Waals surface area contributed by atoms with E-state index in [0.29, 0.717) is 6.04 Å². The van der Waals surface area contributed by atoms with Crippen LogP contribution in [-0.4, -0.2) is 23.2 Å². The Morgan fingerprint density at radius 3 is 2.86 bits per heavy atom. The molecule has 1 saturated heterocycles. The van der Waals surface area contributed by atoms with Crippen LogP contribution in [0.15, 0.2) is 18.2 Å². The van der Waals surface area contributed by atoms with Gasteiger partial charge in [0.2, 0.25) is 0 Å². The Hall–Kier alpha value is -1.55. The molecule has 1 aliphatic heterocycles. The topological polar surface area (TPSA) is 39.1 Å². The lowest BCUT2D eigenvalue weighted by molar-refractivity contribution is 0.261. The zero-order valence-corrected chi connectivity index (χ0v) is 12.9. The molecule has 4 nitrogen and oxygen atoms in total. The van der Waals surface area contributed by atoms with Gasteiger partial charge in [0, 0.05) is 12.1 Å². The maximum absolute atomic E-state index is 5.35. The van der Waals surface area contributed by atoms with E-state index in [9.17, 15) is 0 Å². The normalized spacial score (nSPS) is 26.2. The van der Waals surface area contributed by atoms with E-state index >= 15 is 0 Å². The van der Waals surface area contributed by atoms with Gasteiger partial charge in [0.1, 0.15) is 11.6 Å². The predicted octanol–water partition coefficient (Wildman–Crippen LogP) is 3.37. The molecule has 1 atom stereocenters. The smallest absolute Gasteiger partial charge is 0.130 e. The molecule has 0 spiro atoms. The molecule has 2 heterocycles. The van der Waals surface area contributed by atoms with Crippen LogP contribution in [0.4, 0.5) is 0 Å². The lowest BCUT2D eigenvalue weighted by atomic mass is 9.90. The number of aromatic nitrogens is 2. The van der Waals surface area contributed by atoms with Crippen LogP contribution in [0, 0.1) is 0 Å². The molecular weight excluding hydrogens is 262 g/mol. The van der Waals surface area contributed by atoms with Crippen molar-refractivity contribution in [3.63, 3.8) is 0 Å². The zero-order chi connectivity index (χ0) is 14.4. The first kappa shape index (κ1) is 13.1. The van der Waals surface area contributed by atoms with Crippen molar-refractivity contribution >= 4 is 11.0 Å². The lowest BCUT2D eigenvalue weighted by Gasteiger charge is -2.34. The van der Waals surface area contributed by atoms with E-state index in [2.05, 4.69) is 28.9 Å². The molecule has 0 radical (unpaired) electrons. The average Bonchev–Trinajstić information content (AvgIpc) is 3.27. The van der Waals surface area contributed by atoms with E-state index in [1.165, 1.54) is 43.4 Å². The van der Waals surface area contributed by atoms with Crippen molar-refractivity contribution in [3.8, 4) is 5.75 Å². The number of hydrogen-bond acceptors (Lipinski definition) is 3. The molecule has 1 N–H and O–H groups in total. The van der Waals surface area contributed by atoms with Crippen LogP contribution in [0.1, 0.15) is 50.9 Å². The highest BCUT2D eigenvalue weighted by atomic mass is 16.5. The van der Waals surface area contributed by atoms with Gasteiger partial charge in [-0.1, -0.05) is 0 Å². The van der Waals surface area contributed by atoms with Crippen LogP contribution in [0.2, 0.25) is 0 Å². The standard InChI is InChI=1S/C17H23N3O/c1-17(9-3-4-10-18-17)16-19-14-11-13(21-2)7-8-15(14)20(16)12-5-6-12/h7-8,11-12,18H,3-6,9-10H2,1-2H3. The fourth-order valence-corrected chi connectivity index (χ4v) is 3.54. The highest BCUT2D eigenvalue weighted by Crippen LogP contribution is 2.42. The number of nitrogens with zero attached hydrogens (tertiary/aromatic N) is 2. The molecule has 2 fully saturated rings. The van der Waals surface area contributed by atoms with Gasteiger partial charge in [0.15, 0.2) is 0 Å². The third kappa shape index (κ3) is 2.13. The van der Waals surface area contributed by atoms with Gasteiger partial charge < -0.3 is 14.6 Å². The number of ether oxygens (including phenoxy) is 1. The predicted molar refractivity (Wildman–Crippen MR) is 83.8 cm³/mol. The van der Waals surface area contributed by atoms with Crippen LogP contribution in [0.3, 0.4) is 0 Å². The molecule has 4 heteroatoms. The Bertz CT molecular complexity index is 666. The lowest BCUT2D eigenvalue weighted by Crippen LogP contribution is -2.45. The van der Waals surface area contributed by atoms with Crippen molar-refractivity contribution in [2.24, 2.45) is 0 Å². The van der Waals surface area contributed by atoms with E-state index in [4.69, 9.17) is 9.72 Å². The summed E-state index contributed by atoms with van der Waals surface area (Å²) in [7, 11) is 1.71. The van der Waals surface area contributed by atoms with Crippen molar-refractivity contribution in [1.82, 2.24) is 14.9 Å². The highest BCUT2D eigenvalue weighted by Gasteiger charge is 2.37. The second kappa shape index (κ2) is 4.73. The molecule has 1 aliphatic carbocycles. The van der Waals surface area contributed by atoms with Crippen LogP contribution in [0.25, 0.3) is 11.0 Å². The van der Waals surface area contributed by atoms with Crippen molar-refractivity contribution in [2.75, 3.05) is 13.7 Å². The zero-order valence-electron chi connectivity index (χ0n) is 12.9. The number of benzene rings is 1. The molecular formula is C17H23N3O. The van der Waals surface area contributed by atoms with Crippen LogP contribution < -0.4 is 10.1 Å². The Morgan fingerprint density at radius 1 is 1.33 bits per heavy atom. The van der Waals surface area contributed by atoms with E-state index in [0.717, 1.165) is 17.8 Å². The number of methoxy groups -OCH3 is 1. The van der Waals surface area contributed by atoms with Gasteiger partial charge in [-0.15, -0.1) is 0 Å². The Kier molecular flexibility index (Phi) is 2.96. The Balaban J connectivity index is 1.88. The van der Waals surface area contributed by atoms with Gasteiger partial charge in [-0.2, -0.15) is 0 Å². The second-order valence-corrected chi connectivity index (χ2v) is 6.61. The first-order valence-corrected chi connectivity index (χ1v) is 8.03. The highest BCUT2D eigenvalue weighted by molar-refractivity contribution is 5.78. The Labute approximate surface area is 125 Å². The molecule has 0 bridgehead atoms. The van der Waals surface area contributed by atoms with E-state index in [1.54, 1.807) is 7.11 Å². The fraction of sp³-hybridized carbons (Fsp3) is 0.588. The first-order chi connectivity index (χ1) is 10.2. The molecule has 21 heavy (non-hydrogen) atoms. The fourth-order valence-electron chi connectivity index (χ4n) is 3.54. The number of piperidine rings is 1. The summed E-state index contributed by atoms with van der Waals surface area (Å²) in [6.07, 6.45) is 6.27. The first-order valence-electron chi connectivity index (χ1n) is 8.03. The van der Waals surface area contributed by atoms with Gasteiger partial charge in [0.05, 0.1) is 23.7 Å². The summed E-state index contributed by atoms with van der Waals surface area (Å²) in [6.45, 7) is 3.40. The summed E-state index contributed by atoms with van der Waals surface area (Å²) in [5.74, 6) is 2.10. The quantitative estimate of drug-likeness (QED) is 0.939. The third-order valence-electron chi connectivity index (χ3n) is 4.92. The van der Waals surface area contributed by atoms with Crippen molar-refractivity contribution < 1.29 is 4.74 Å². The molecule has 112 valence electrons. The number of rotatable bonds is 3.